The predicted octanol–water partition coefficient (Wildman–Crippen LogP) is 16.5. The highest BCUT2D eigenvalue weighted by Crippen LogP contribution is 2.79. The van der Waals surface area contributed by atoms with Crippen LogP contribution in [0.15, 0.2) is 0 Å². The van der Waals surface area contributed by atoms with Crippen molar-refractivity contribution in [1.29, 1.82) is 0 Å². The summed E-state index contributed by atoms with van der Waals surface area (Å²) in [7, 11) is 15.3. The smallest absolute Gasteiger partial charge is 0.194 e. The minimum atomic E-state index is -1.81. The van der Waals surface area contributed by atoms with E-state index in [0.29, 0.717) is 76.2 Å². The molecule has 17 unspecified atom stereocenters. The van der Waals surface area contributed by atoms with Gasteiger partial charge in [0.1, 0.15) is 17.3 Å². The van der Waals surface area contributed by atoms with Gasteiger partial charge in [-0.2, -0.15) is 0 Å². The molecule has 22 heteroatoms. The van der Waals surface area contributed by atoms with Gasteiger partial charge in [0.15, 0.2) is 17.0 Å². The van der Waals surface area contributed by atoms with Crippen molar-refractivity contribution in [2.75, 3.05) is 6.61 Å². The van der Waals surface area contributed by atoms with Gasteiger partial charge in [-0.3, -0.25) is 0 Å². The Morgan fingerprint density at radius 2 is 0.879 bits per heavy atom. The van der Waals surface area contributed by atoms with E-state index in [-0.39, 0.29) is 33.1 Å². The summed E-state index contributed by atoms with van der Waals surface area (Å²) in [6, 6.07) is 0. The molecule has 0 radical (unpaired) electrons. The van der Waals surface area contributed by atoms with Crippen LogP contribution in [0.4, 0.5) is 0 Å². The van der Waals surface area contributed by atoms with Crippen LogP contribution < -0.4 is 0 Å². The Balaban J connectivity index is 3.07. The molecule has 1 rings (SSSR count). The van der Waals surface area contributed by atoms with Crippen molar-refractivity contribution in [2.45, 2.75) is 215 Å². The molecular weight excluding hydrogens is 1020 g/mol. The Morgan fingerprint density at radius 3 is 1.28 bits per heavy atom. The van der Waals surface area contributed by atoms with Gasteiger partial charge in [0.05, 0.1) is 6.61 Å². The van der Waals surface area contributed by atoms with Crippen molar-refractivity contribution in [3.05, 3.63) is 0 Å². The van der Waals surface area contributed by atoms with Crippen molar-refractivity contribution in [2.24, 2.45) is 5.92 Å². The Kier molecular flexibility index (Phi) is 44.8. The van der Waals surface area contributed by atoms with Gasteiger partial charge in [0.2, 0.25) is 0 Å². The van der Waals surface area contributed by atoms with Crippen LogP contribution in [0.2, 0.25) is 0 Å². The average molecular weight is 1110 g/mol. The number of unbranched alkanes of at least 4 members (excludes halogenated alkanes) is 22. The van der Waals surface area contributed by atoms with E-state index in [1.807, 2.05) is 0 Å². The Bertz CT molecular complexity index is 919. The molecule has 348 valence electrons. The number of aliphatic hydroxyl groups is 4. The third-order valence-electron chi connectivity index (χ3n) is 11.1. The maximum atomic E-state index is 13.0. The number of hydrogen-bond donors (Lipinski definition) is 4. The number of hydrogen-bond acceptors (Lipinski definition) is 6. The van der Waals surface area contributed by atoms with Crippen LogP contribution in [0.25, 0.3) is 0 Å². The van der Waals surface area contributed by atoms with Crippen LogP contribution in [0.3, 0.4) is 0 Å². The molecule has 0 saturated carbocycles. The van der Waals surface area contributed by atoms with Crippen molar-refractivity contribution in [3.63, 3.8) is 0 Å². The minimum Gasteiger partial charge on any atom is -0.386 e. The molecule has 22 atom stereocenters. The van der Waals surface area contributed by atoms with Gasteiger partial charge < -0.3 is 29.9 Å². The summed E-state index contributed by atoms with van der Waals surface area (Å²) >= 11 is 0. The molecule has 1 aliphatic rings. The summed E-state index contributed by atoms with van der Waals surface area (Å²) in [4.78, 5) is 0. The molecule has 1 heterocycles. The van der Waals surface area contributed by atoms with Crippen molar-refractivity contribution in [3.8, 4) is 0 Å². The molecule has 0 aromatic rings. The van der Waals surface area contributed by atoms with E-state index in [4.69, 9.17) is 9.47 Å². The fourth-order valence-corrected chi connectivity index (χ4v) is 37.3. The first-order valence-electron chi connectivity index (χ1n) is 22.2. The quantitative estimate of drug-likeness (QED) is 0.0359. The Morgan fingerprint density at radius 1 is 0.517 bits per heavy atom. The molecule has 0 aliphatic carbocycles. The molecule has 1 saturated heterocycles. The normalized spacial score (nSPS) is 26.7. The molecule has 1 fully saturated rings. The van der Waals surface area contributed by atoms with Crippen LogP contribution in [-0.4, -0.2) is 61.3 Å². The average Bonchev–Trinajstić information content (AvgIpc) is 3.22. The zero-order valence-corrected chi connectivity index (χ0v) is 52.4. The molecule has 0 spiro atoms. The molecule has 0 bridgehead atoms. The van der Waals surface area contributed by atoms with Gasteiger partial charge in [-0.15, -0.1) is 35.7 Å². The van der Waals surface area contributed by atoms with Crippen molar-refractivity contribution >= 4 is 132 Å². The monoisotopic (exact) mass is 1110 g/mol. The maximum absolute atomic E-state index is 13.0. The first kappa shape index (κ1) is 62.7. The van der Waals surface area contributed by atoms with E-state index < -0.39 is 34.3 Å². The van der Waals surface area contributed by atoms with Crippen molar-refractivity contribution < 1.29 is 29.9 Å². The van der Waals surface area contributed by atoms with Crippen LogP contribution in [0, 0.1) is 5.92 Å². The molecule has 58 heavy (non-hydrogen) atoms. The first-order valence-corrected chi connectivity index (χ1v) is 49.5. The molecular formula is C36H88O6P16. The molecule has 4 N–H and O–H groups in total. The Labute approximate surface area is 387 Å². The second-order valence-corrected chi connectivity index (χ2v) is 50.7. The molecule has 0 aromatic heterocycles. The molecule has 0 aromatic carbocycles. The van der Waals surface area contributed by atoms with E-state index in [0.717, 1.165) is 12.8 Å². The van der Waals surface area contributed by atoms with E-state index >= 15 is 0 Å². The van der Waals surface area contributed by atoms with Gasteiger partial charge in [-0.05, 0) is 18.8 Å². The second kappa shape index (κ2) is 41.4. The Hall–Kier alpha value is 6.64. The lowest BCUT2D eigenvalue weighted by Crippen LogP contribution is -2.76. The molecule has 0 amide bonds. The zero-order chi connectivity index (χ0) is 42.8. The number of ether oxygens (including phenoxy) is 2. The SMILES string of the molecule is CCCCCCCCCCCCCCC(CCCCCCCCCCCCCC)CO[C@H]1O[C@H](C(O)PPPP)[C@@](O)(PPPP)[C@@](O)(PPPP)[C@]1(O)PPPP. The lowest BCUT2D eigenvalue weighted by Gasteiger charge is -2.61. The second-order valence-electron chi connectivity index (χ2n) is 15.7. The summed E-state index contributed by atoms with van der Waals surface area (Å²) in [5.41, 5.74) is 0. The fourth-order valence-electron chi connectivity index (χ4n) is 7.62. The third-order valence-corrected chi connectivity index (χ3v) is 49.4. The van der Waals surface area contributed by atoms with Gasteiger partial charge >= 0.3 is 0 Å². The summed E-state index contributed by atoms with van der Waals surface area (Å²) in [5.74, 6) is -0.561. The van der Waals surface area contributed by atoms with Crippen molar-refractivity contribution in [1.82, 2.24) is 0 Å². The minimum absolute atomic E-state index is 0.0165. The standard InChI is InChI=1S/C36H88O6P16/c1-3-5-7-9-11-13-15-17-19-21-23-25-27-30(28-26-24-22-20-18-16-14-12-10-8-6-4-2)29-41-33-35(39,49-57-53-45)36(40,50-58-54-46)34(38,48-56-52-44)31(42-33)32(37)47-55-51-43/h30-33,37-40,47-58H,3-29,43-46H2,1-2H3/t31-,32?,33+,34-,35-,36-/m1/s1. The maximum Gasteiger partial charge on any atom is 0.194 e. The summed E-state index contributed by atoms with van der Waals surface area (Å²) in [6.07, 6.45) is 32.3. The highest BCUT2D eigenvalue weighted by atomic mass is 32.6. The third kappa shape index (κ3) is 25.5. The van der Waals surface area contributed by atoms with E-state index in [1.54, 1.807) is 0 Å². The van der Waals surface area contributed by atoms with Gasteiger partial charge in [-0.1, -0.05) is 265 Å². The van der Waals surface area contributed by atoms with Gasteiger partial charge in [0, 0.05) is 0 Å². The summed E-state index contributed by atoms with van der Waals surface area (Å²) < 4.78 is 13.5. The number of aliphatic hydroxyl groups excluding tert-OH is 1. The van der Waals surface area contributed by atoms with Gasteiger partial charge in [0.25, 0.3) is 0 Å². The van der Waals surface area contributed by atoms with E-state index in [1.165, 1.54) is 154 Å². The van der Waals surface area contributed by atoms with Crippen LogP contribution in [0.1, 0.15) is 181 Å². The van der Waals surface area contributed by atoms with E-state index in [9.17, 15) is 20.4 Å². The first-order chi connectivity index (χ1) is 28.1. The van der Waals surface area contributed by atoms with Crippen LogP contribution >= 0.6 is 132 Å². The molecule has 6 nitrogen and oxygen atoms in total. The van der Waals surface area contributed by atoms with Crippen LogP contribution in [-0.2, 0) is 9.47 Å². The van der Waals surface area contributed by atoms with E-state index in [2.05, 4.69) is 49.6 Å². The highest BCUT2D eigenvalue weighted by Gasteiger charge is 2.73. The zero-order valence-electron chi connectivity index (χ0n) is 35.8. The van der Waals surface area contributed by atoms with Gasteiger partial charge in [-0.25, -0.2) is 0 Å². The van der Waals surface area contributed by atoms with Crippen LogP contribution in [0.5, 0.6) is 0 Å². The predicted molar refractivity (Wildman–Crippen MR) is 309 cm³/mol. The largest absolute Gasteiger partial charge is 0.386 e. The number of rotatable bonds is 42. The fraction of sp³-hybridized carbons (Fsp3) is 1.00. The molecule has 1 aliphatic heterocycles. The lowest BCUT2D eigenvalue weighted by molar-refractivity contribution is -0.337. The summed E-state index contributed by atoms with van der Waals surface area (Å²) in [5, 5.41) is 45.0. The highest BCUT2D eigenvalue weighted by molar-refractivity contribution is 8.59. The topological polar surface area (TPSA) is 99.4 Å². The lowest BCUT2D eigenvalue weighted by atomic mass is 9.94. The summed E-state index contributed by atoms with van der Waals surface area (Å²) in [6.45, 7) is 5.05.